The zero-order valence-electron chi connectivity index (χ0n) is 20.9. The predicted octanol–water partition coefficient (Wildman–Crippen LogP) is 4.90. The zero-order valence-corrected chi connectivity index (χ0v) is 21.7. The minimum Gasteiger partial charge on any atom is -0.362 e. The van der Waals surface area contributed by atoms with Gasteiger partial charge in [0.2, 0.25) is 16.0 Å². The minimum atomic E-state index is -3.30. The molecule has 0 radical (unpaired) electrons. The van der Waals surface area contributed by atoms with E-state index in [1.807, 2.05) is 39.2 Å². The molecule has 0 atom stereocenters. The van der Waals surface area contributed by atoms with Crippen molar-refractivity contribution >= 4 is 32.7 Å². The lowest BCUT2D eigenvalue weighted by molar-refractivity contribution is 0.373. The Labute approximate surface area is 204 Å². The summed E-state index contributed by atoms with van der Waals surface area (Å²) in [6.07, 6.45) is 6.80. The number of anilines is 2. The highest BCUT2D eigenvalue weighted by Gasteiger charge is 2.15. The molecule has 2 aromatic carbocycles. The van der Waals surface area contributed by atoms with Gasteiger partial charge in [0.25, 0.3) is 0 Å². The van der Waals surface area contributed by atoms with E-state index in [-0.39, 0.29) is 0 Å². The van der Waals surface area contributed by atoms with Crippen molar-refractivity contribution < 1.29 is 8.42 Å². The molecular formula is C26H37N5O2S. The van der Waals surface area contributed by atoms with Crippen molar-refractivity contribution in [2.75, 3.05) is 37.9 Å². The molecule has 0 amide bonds. The number of sulfonamides is 1. The Balaban J connectivity index is 0.000000215. The van der Waals surface area contributed by atoms with Gasteiger partial charge in [0.05, 0.1) is 10.4 Å². The average molecular weight is 484 g/mol. The minimum absolute atomic E-state index is 0.356. The van der Waals surface area contributed by atoms with E-state index in [0.29, 0.717) is 4.90 Å². The number of nitrogens with one attached hydrogen (secondary N) is 2. The van der Waals surface area contributed by atoms with Crippen molar-refractivity contribution in [3.63, 3.8) is 0 Å². The Hall–Kier alpha value is -2.71. The van der Waals surface area contributed by atoms with Gasteiger partial charge < -0.3 is 10.2 Å². The van der Waals surface area contributed by atoms with Crippen LogP contribution < -0.4 is 14.9 Å². The Morgan fingerprint density at radius 2 is 1.71 bits per heavy atom. The molecule has 1 aliphatic carbocycles. The largest absolute Gasteiger partial charge is 0.362 e. The molecule has 1 aliphatic rings. The normalized spacial score (nSPS) is 14.4. The fourth-order valence-corrected chi connectivity index (χ4v) is 5.27. The van der Waals surface area contributed by atoms with Gasteiger partial charge in [0.15, 0.2) is 0 Å². The molecule has 1 aromatic heterocycles. The molecule has 7 nitrogen and oxygen atoms in total. The first-order valence-electron chi connectivity index (χ1n) is 11.9. The summed E-state index contributed by atoms with van der Waals surface area (Å²) in [4.78, 5) is 11.8. The van der Waals surface area contributed by atoms with E-state index in [4.69, 9.17) is 0 Å². The number of aromatic nitrogens is 2. The summed E-state index contributed by atoms with van der Waals surface area (Å²) in [6, 6.07) is 13.6. The summed E-state index contributed by atoms with van der Waals surface area (Å²) in [5.41, 5.74) is 2.71. The van der Waals surface area contributed by atoms with Gasteiger partial charge in [-0.25, -0.2) is 18.1 Å². The number of para-hydroxylation sites is 1. The molecule has 3 aromatic rings. The van der Waals surface area contributed by atoms with E-state index in [0.717, 1.165) is 46.3 Å². The smallest absolute Gasteiger partial charge is 0.240 e. The third-order valence-electron chi connectivity index (χ3n) is 6.18. The third-order valence-corrected chi connectivity index (χ3v) is 7.74. The Morgan fingerprint density at radius 1 is 1.00 bits per heavy atom. The SMILES string of the molecule is CN(C)c1nc(NCC2CCCCC2)nc2ccccc12.CNS(=O)(=O)c1cc(C)ccc1C. The molecule has 8 heteroatoms. The second-order valence-electron chi connectivity index (χ2n) is 9.14. The summed E-state index contributed by atoms with van der Waals surface area (Å²) < 4.78 is 25.2. The van der Waals surface area contributed by atoms with E-state index in [9.17, 15) is 8.42 Å². The number of rotatable bonds is 6. The van der Waals surface area contributed by atoms with E-state index in [1.54, 1.807) is 19.1 Å². The van der Waals surface area contributed by atoms with Gasteiger partial charge in [-0.1, -0.05) is 43.5 Å². The molecular weight excluding hydrogens is 446 g/mol. The molecule has 1 saturated carbocycles. The second-order valence-corrected chi connectivity index (χ2v) is 11.0. The van der Waals surface area contributed by atoms with E-state index >= 15 is 0 Å². The van der Waals surface area contributed by atoms with Crippen LogP contribution in [0.5, 0.6) is 0 Å². The van der Waals surface area contributed by atoms with Crippen molar-refractivity contribution in [3.05, 3.63) is 53.6 Å². The summed E-state index contributed by atoms with van der Waals surface area (Å²) in [5, 5.41) is 4.56. The first-order valence-corrected chi connectivity index (χ1v) is 13.4. The van der Waals surface area contributed by atoms with Gasteiger partial charge in [-0.15, -0.1) is 0 Å². The number of nitrogens with zero attached hydrogens (tertiary/aromatic N) is 3. The molecule has 0 saturated heterocycles. The van der Waals surface area contributed by atoms with Crippen LogP contribution in [0, 0.1) is 19.8 Å². The molecule has 0 aliphatic heterocycles. The number of fused-ring (bicyclic) bond motifs is 1. The maximum absolute atomic E-state index is 11.5. The van der Waals surface area contributed by atoms with Gasteiger partial charge in [0, 0.05) is 26.0 Å². The van der Waals surface area contributed by atoms with Gasteiger partial charge >= 0.3 is 0 Å². The number of hydrogen-bond acceptors (Lipinski definition) is 6. The standard InChI is InChI=1S/C17H24N4.C9H13NO2S/c1-21(2)16-14-10-6-7-11-15(14)19-17(20-16)18-12-13-8-4-3-5-9-13;1-7-4-5-8(2)9(6-7)13(11,12)10-3/h6-7,10-11,13H,3-5,8-9,12H2,1-2H3,(H,18,19,20);4-6,10H,1-3H3. The molecule has 34 heavy (non-hydrogen) atoms. The molecule has 0 spiro atoms. The highest BCUT2D eigenvalue weighted by atomic mass is 32.2. The number of hydrogen-bond donors (Lipinski definition) is 2. The van der Waals surface area contributed by atoms with Gasteiger partial charge in [-0.3, -0.25) is 0 Å². The number of aryl methyl sites for hydroxylation is 2. The van der Waals surface area contributed by atoms with Crippen LogP contribution in [0.2, 0.25) is 0 Å². The van der Waals surface area contributed by atoms with Crippen LogP contribution in [0.25, 0.3) is 10.9 Å². The highest BCUT2D eigenvalue weighted by molar-refractivity contribution is 7.89. The topological polar surface area (TPSA) is 87.2 Å². The molecule has 1 fully saturated rings. The molecule has 4 rings (SSSR count). The monoisotopic (exact) mass is 483 g/mol. The molecule has 1 heterocycles. The van der Waals surface area contributed by atoms with Crippen LogP contribution in [-0.2, 0) is 10.0 Å². The quantitative estimate of drug-likeness (QED) is 0.519. The lowest BCUT2D eigenvalue weighted by atomic mass is 9.89. The second kappa shape index (κ2) is 11.6. The Morgan fingerprint density at radius 3 is 2.38 bits per heavy atom. The van der Waals surface area contributed by atoms with Gasteiger partial charge in [0.1, 0.15) is 5.82 Å². The Kier molecular flexibility index (Phi) is 8.85. The molecule has 0 bridgehead atoms. The summed E-state index contributed by atoms with van der Waals surface area (Å²) in [7, 11) is 2.17. The first-order chi connectivity index (χ1) is 16.2. The fourth-order valence-electron chi connectivity index (χ4n) is 4.21. The van der Waals surface area contributed by atoms with E-state index < -0.39 is 10.0 Å². The van der Waals surface area contributed by atoms with E-state index in [1.165, 1.54) is 39.2 Å². The molecule has 2 N–H and O–H groups in total. The van der Waals surface area contributed by atoms with Gasteiger partial charge in [-0.05, 0) is 69.0 Å². The molecule has 0 unspecified atom stereocenters. The summed E-state index contributed by atoms with van der Waals surface area (Å²) >= 11 is 0. The third kappa shape index (κ3) is 6.67. The van der Waals surface area contributed by atoms with E-state index in [2.05, 4.69) is 37.0 Å². The van der Waals surface area contributed by atoms with Gasteiger partial charge in [-0.2, -0.15) is 4.98 Å². The van der Waals surface area contributed by atoms with Crippen molar-refractivity contribution in [3.8, 4) is 0 Å². The van der Waals surface area contributed by atoms with Crippen LogP contribution in [0.15, 0.2) is 47.4 Å². The lowest BCUT2D eigenvalue weighted by Crippen LogP contribution is -2.19. The van der Waals surface area contributed by atoms with Crippen LogP contribution >= 0.6 is 0 Å². The van der Waals surface area contributed by atoms with Crippen molar-refractivity contribution in [1.29, 1.82) is 0 Å². The summed E-state index contributed by atoms with van der Waals surface area (Å²) in [6.45, 7) is 4.64. The number of benzene rings is 2. The van der Waals surface area contributed by atoms with Crippen molar-refractivity contribution in [1.82, 2.24) is 14.7 Å². The Bertz CT molecular complexity index is 1210. The highest BCUT2D eigenvalue weighted by Crippen LogP contribution is 2.26. The average Bonchev–Trinajstić information content (AvgIpc) is 2.84. The first kappa shape index (κ1) is 25.9. The maximum atomic E-state index is 11.5. The van der Waals surface area contributed by atoms with Crippen LogP contribution in [0.1, 0.15) is 43.2 Å². The van der Waals surface area contributed by atoms with Crippen LogP contribution in [-0.4, -0.2) is 46.1 Å². The maximum Gasteiger partial charge on any atom is 0.240 e. The van der Waals surface area contributed by atoms with Crippen LogP contribution in [0.4, 0.5) is 11.8 Å². The summed E-state index contributed by atoms with van der Waals surface area (Å²) in [5.74, 6) is 2.51. The predicted molar refractivity (Wildman–Crippen MR) is 141 cm³/mol. The van der Waals surface area contributed by atoms with Crippen LogP contribution in [0.3, 0.4) is 0 Å². The fraction of sp³-hybridized carbons (Fsp3) is 0.462. The molecule has 184 valence electrons. The van der Waals surface area contributed by atoms with Crippen molar-refractivity contribution in [2.24, 2.45) is 5.92 Å². The van der Waals surface area contributed by atoms with Crippen molar-refractivity contribution in [2.45, 2.75) is 50.8 Å². The lowest BCUT2D eigenvalue weighted by Gasteiger charge is -2.22. The zero-order chi connectivity index (χ0) is 24.7.